The van der Waals surface area contributed by atoms with E-state index >= 15 is 0 Å². The van der Waals surface area contributed by atoms with Crippen LogP contribution < -0.4 is 4.74 Å². The van der Waals surface area contributed by atoms with Crippen LogP contribution in [0.15, 0.2) is 72.8 Å². The second-order valence-corrected chi connectivity index (χ2v) is 8.55. The zero-order chi connectivity index (χ0) is 22.1. The molecule has 0 atom stereocenters. The maximum absolute atomic E-state index is 12.8. The summed E-state index contributed by atoms with van der Waals surface area (Å²) in [6, 6.07) is 24.1. The Morgan fingerprint density at radius 1 is 0.969 bits per heavy atom. The molecule has 0 aromatic heterocycles. The highest BCUT2D eigenvalue weighted by Gasteiger charge is 2.37. The Hall–Kier alpha value is -3.31. The van der Waals surface area contributed by atoms with E-state index in [0.717, 1.165) is 11.3 Å². The fourth-order valence-electron chi connectivity index (χ4n) is 4.95. The lowest BCUT2D eigenvalue weighted by atomic mass is 9.84. The van der Waals surface area contributed by atoms with Gasteiger partial charge in [0.25, 0.3) is 0 Å². The number of carbonyl (C=O) groups excluding carboxylic acids is 1. The van der Waals surface area contributed by atoms with Crippen molar-refractivity contribution in [3.05, 3.63) is 89.5 Å². The number of amides is 1. The van der Waals surface area contributed by atoms with Crippen LogP contribution in [-0.4, -0.2) is 42.9 Å². The first kappa shape index (κ1) is 20.6. The number of likely N-dealkylation sites (tertiary alicyclic amines) is 1. The molecule has 2 aliphatic rings. The molecule has 0 radical (unpaired) electrons. The summed E-state index contributed by atoms with van der Waals surface area (Å²) in [7, 11) is 1.61. The summed E-state index contributed by atoms with van der Waals surface area (Å²) < 4.78 is 11.1. The summed E-state index contributed by atoms with van der Waals surface area (Å²) in [5, 5.41) is 11.1. The SMILES string of the molecule is COc1cccc(C2(O)CCN(C(=O)OCC3c4ccccc4-c4ccccc43)CC2)c1. The maximum Gasteiger partial charge on any atom is 0.409 e. The Bertz CT molecular complexity index is 1090. The van der Waals surface area contributed by atoms with Crippen LogP contribution in [0.25, 0.3) is 11.1 Å². The number of rotatable bonds is 4. The highest BCUT2D eigenvalue weighted by atomic mass is 16.6. The molecule has 1 aliphatic heterocycles. The molecule has 1 saturated heterocycles. The summed E-state index contributed by atoms with van der Waals surface area (Å²) in [5.74, 6) is 0.764. The Kier molecular flexibility index (Phi) is 5.35. The number of piperidine rings is 1. The molecule has 1 amide bonds. The number of carbonyl (C=O) groups is 1. The highest BCUT2D eigenvalue weighted by Crippen LogP contribution is 2.44. The van der Waals surface area contributed by atoms with Crippen LogP contribution >= 0.6 is 0 Å². The molecule has 5 heteroatoms. The lowest BCUT2D eigenvalue weighted by molar-refractivity contribution is -0.0251. The molecule has 5 nitrogen and oxygen atoms in total. The van der Waals surface area contributed by atoms with Crippen LogP contribution in [0, 0.1) is 0 Å². The van der Waals surface area contributed by atoms with Crippen LogP contribution in [0.3, 0.4) is 0 Å². The number of ether oxygens (including phenoxy) is 2. The summed E-state index contributed by atoms with van der Waals surface area (Å²) in [4.78, 5) is 14.5. The normalized spacial score (nSPS) is 16.9. The van der Waals surface area contributed by atoms with E-state index in [1.54, 1.807) is 12.0 Å². The van der Waals surface area contributed by atoms with Crippen molar-refractivity contribution in [3.63, 3.8) is 0 Å². The predicted molar refractivity (Wildman–Crippen MR) is 123 cm³/mol. The Morgan fingerprint density at radius 3 is 2.22 bits per heavy atom. The maximum atomic E-state index is 12.8. The number of nitrogens with zero attached hydrogens (tertiary/aromatic N) is 1. The van der Waals surface area contributed by atoms with Gasteiger partial charge in [0.2, 0.25) is 0 Å². The molecular formula is C27H27NO4. The van der Waals surface area contributed by atoms with E-state index in [1.807, 2.05) is 48.5 Å². The fourth-order valence-corrected chi connectivity index (χ4v) is 4.95. The molecular weight excluding hydrogens is 402 g/mol. The van der Waals surface area contributed by atoms with Gasteiger partial charge in [-0.1, -0.05) is 60.7 Å². The number of benzene rings is 3. The van der Waals surface area contributed by atoms with E-state index in [-0.39, 0.29) is 12.0 Å². The van der Waals surface area contributed by atoms with E-state index in [4.69, 9.17) is 9.47 Å². The Morgan fingerprint density at radius 2 is 1.59 bits per heavy atom. The van der Waals surface area contributed by atoms with Gasteiger partial charge in [-0.2, -0.15) is 0 Å². The van der Waals surface area contributed by atoms with E-state index < -0.39 is 5.60 Å². The second-order valence-electron chi connectivity index (χ2n) is 8.55. The zero-order valence-electron chi connectivity index (χ0n) is 18.2. The van der Waals surface area contributed by atoms with Crippen molar-refractivity contribution in [1.29, 1.82) is 0 Å². The molecule has 1 fully saturated rings. The third-order valence-electron chi connectivity index (χ3n) is 6.79. The average molecular weight is 430 g/mol. The van der Waals surface area contributed by atoms with Gasteiger partial charge in [0, 0.05) is 19.0 Å². The standard InChI is InChI=1S/C27H27NO4/c1-31-20-8-6-7-19(17-20)27(30)13-15-28(16-14-27)26(29)32-18-25-23-11-4-2-9-21(23)22-10-3-5-12-24(22)25/h2-12,17,25,30H,13-16,18H2,1H3. The molecule has 32 heavy (non-hydrogen) atoms. The van der Waals surface area contributed by atoms with Gasteiger partial charge in [-0.05, 0) is 52.8 Å². The van der Waals surface area contributed by atoms with Crippen molar-refractivity contribution in [2.24, 2.45) is 0 Å². The van der Waals surface area contributed by atoms with Gasteiger partial charge in [-0.3, -0.25) is 0 Å². The van der Waals surface area contributed by atoms with Gasteiger partial charge in [0.15, 0.2) is 0 Å². The van der Waals surface area contributed by atoms with Gasteiger partial charge >= 0.3 is 6.09 Å². The number of fused-ring (bicyclic) bond motifs is 3. The molecule has 0 bridgehead atoms. The Balaban J connectivity index is 1.24. The molecule has 0 saturated carbocycles. The molecule has 1 heterocycles. The fraction of sp³-hybridized carbons (Fsp3) is 0.296. The van der Waals surface area contributed by atoms with Gasteiger partial charge in [0.05, 0.1) is 12.7 Å². The first-order valence-electron chi connectivity index (χ1n) is 11.1. The zero-order valence-corrected chi connectivity index (χ0v) is 18.2. The van der Waals surface area contributed by atoms with Gasteiger partial charge < -0.3 is 19.5 Å². The van der Waals surface area contributed by atoms with Crippen LogP contribution in [0.5, 0.6) is 5.75 Å². The number of hydrogen-bond acceptors (Lipinski definition) is 4. The minimum absolute atomic E-state index is 0.0462. The second kappa shape index (κ2) is 8.32. The summed E-state index contributed by atoms with van der Waals surface area (Å²) in [6.07, 6.45) is 0.605. The van der Waals surface area contributed by atoms with Crippen LogP contribution in [0.1, 0.15) is 35.4 Å². The minimum Gasteiger partial charge on any atom is -0.497 e. The summed E-state index contributed by atoms with van der Waals surface area (Å²) in [5.41, 5.74) is 4.69. The van der Waals surface area contributed by atoms with Gasteiger partial charge in [0.1, 0.15) is 12.4 Å². The van der Waals surface area contributed by atoms with Crippen molar-refractivity contribution in [2.45, 2.75) is 24.4 Å². The lowest BCUT2D eigenvalue weighted by Crippen LogP contribution is -2.45. The van der Waals surface area contributed by atoms with Crippen LogP contribution in [0.4, 0.5) is 4.79 Å². The number of hydrogen-bond donors (Lipinski definition) is 1. The van der Waals surface area contributed by atoms with Gasteiger partial charge in [-0.15, -0.1) is 0 Å². The summed E-state index contributed by atoms with van der Waals surface area (Å²) in [6.45, 7) is 1.21. The molecule has 0 unspecified atom stereocenters. The van der Waals surface area contributed by atoms with Crippen molar-refractivity contribution in [2.75, 3.05) is 26.8 Å². The van der Waals surface area contributed by atoms with E-state index in [0.29, 0.717) is 32.5 Å². The van der Waals surface area contributed by atoms with E-state index in [1.165, 1.54) is 22.3 Å². The largest absolute Gasteiger partial charge is 0.497 e. The number of methoxy groups -OCH3 is 1. The molecule has 0 spiro atoms. The quantitative estimate of drug-likeness (QED) is 0.639. The first-order valence-corrected chi connectivity index (χ1v) is 11.1. The van der Waals surface area contributed by atoms with Crippen molar-refractivity contribution in [1.82, 2.24) is 4.90 Å². The first-order chi connectivity index (χ1) is 15.6. The molecule has 3 aromatic rings. The van der Waals surface area contributed by atoms with Gasteiger partial charge in [-0.25, -0.2) is 4.79 Å². The molecule has 1 N–H and O–H groups in total. The van der Waals surface area contributed by atoms with E-state index in [2.05, 4.69) is 24.3 Å². The topological polar surface area (TPSA) is 59.0 Å². The molecule has 164 valence electrons. The average Bonchev–Trinajstić information content (AvgIpc) is 3.17. The highest BCUT2D eigenvalue weighted by molar-refractivity contribution is 5.79. The monoisotopic (exact) mass is 429 g/mol. The van der Waals surface area contributed by atoms with Crippen molar-refractivity contribution >= 4 is 6.09 Å². The Labute approximate surface area is 188 Å². The number of aliphatic hydroxyl groups is 1. The van der Waals surface area contributed by atoms with Crippen LogP contribution in [-0.2, 0) is 10.3 Å². The third kappa shape index (κ3) is 3.63. The minimum atomic E-state index is -0.964. The van der Waals surface area contributed by atoms with Crippen molar-refractivity contribution in [3.8, 4) is 16.9 Å². The summed E-state index contributed by atoms with van der Waals surface area (Å²) >= 11 is 0. The molecule has 3 aromatic carbocycles. The molecule has 1 aliphatic carbocycles. The molecule has 5 rings (SSSR count). The third-order valence-corrected chi connectivity index (χ3v) is 6.79. The van der Waals surface area contributed by atoms with Crippen LogP contribution in [0.2, 0.25) is 0 Å². The predicted octanol–water partition coefficient (Wildman–Crippen LogP) is 4.93. The smallest absolute Gasteiger partial charge is 0.409 e. The lowest BCUT2D eigenvalue weighted by Gasteiger charge is -2.38. The van der Waals surface area contributed by atoms with E-state index in [9.17, 15) is 9.90 Å². The van der Waals surface area contributed by atoms with Crippen molar-refractivity contribution < 1.29 is 19.4 Å².